The smallest absolute Gasteiger partial charge is 0.355 e. The van der Waals surface area contributed by atoms with Gasteiger partial charge in [0.2, 0.25) is 5.91 Å². The Morgan fingerprint density at radius 2 is 2.08 bits per heavy atom. The zero-order valence-corrected chi connectivity index (χ0v) is 13.6. The highest BCUT2D eigenvalue weighted by Crippen LogP contribution is 2.44. The molecule has 0 aromatic heterocycles. The van der Waals surface area contributed by atoms with Crippen molar-refractivity contribution in [2.24, 2.45) is 5.92 Å². The summed E-state index contributed by atoms with van der Waals surface area (Å²) in [5, 5.41) is 6.20. The summed E-state index contributed by atoms with van der Waals surface area (Å²) in [6, 6.07) is 5.56. The number of halogens is 3. The summed E-state index contributed by atoms with van der Waals surface area (Å²) in [7, 11) is 0. The van der Waals surface area contributed by atoms with Crippen LogP contribution in [0.2, 0.25) is 0 Å². The van der Waals surface area contributed by atoms with Gasteiger partial charge in [-0.25, -0.2) is 0 Å². The first-order chi connectivity index (χ1) is 11.4. The van der Waals surface area contributed by atoms with Crippen molar-refractivity contribution in [1.29, 1.82) is 0 Å². The average molecular weight is 340 g/mol. The molecule has 2 N–H and O–H groups in total. The molecule has 1 unspecified atom stereocenters. The monoisotopic (exact) mass is 340 g/mol. The van der Waals surface area contributed by atoms with Crippen molar-refractivity contribution < 1.29 is 18.0 Å². The predicted octanol–water partition coefficient (Wildman–Crippen LogP) is 3.24. The molecule has 1 saturated heterocycles. The Bertz CT molecular complexity index is 590. The maximum atomic E-state index is 13.0. The molecule has 1 aliphatic carbocycles. The molecule has 1 aromatic carbocycles. The fraction of sp³-hybridized carbons (Fsp3) is 0.611. The van der Waals surface area contributed by atoms with Gasteiger partial charge in [-0.2, -0.15) is 13.2 Å². The fourth-order valence-corrected chi connectivity index (χ4v) is 3.67. The molecule has 1 aromatic rings. The van der Waals surface area contributed by atoms with Crippen molar-refractivity contribution in [3.63, 3.8) is 0 Å². The van der Waals surface area contributed by atoms with Crippen molar-refractivity contribution in [2.45, 2.75) is 43.7 Å². The van der Waals surface area contributed by atoms with E-state index in [1.807, 2.05) is 0 Å². The zero-order valence-electron chi connectivity index (χ0n) is 13.6. The lowest BCUT2D eigenvalue weighted by Gasteiger charge is -2.43. The number of carbonyl (C=O) groups excluding carboxylic acids is 1. The molecule has 1 saturated carbocycles. The second kappa shape index (κ2) is 6.75. The summed E-state index contributed by atoms with van der Waals surface area (Å²) in [6.45, 7) is 2.05. The topological polar surface area (TPSA) is 41.1 Å². The van der Waals surface area contributed by atoms with Crippen LogP contribution >= 0.6 is 0 Å². The lowest BCUT2D eigenvalue weighted by molar-refractivity contribution is -0.137. The third-order valence-electron chi connectivity index (χ3n) is 5.38. The first-order valence-electron chi connectivity index (χ1n) is 8.57. The van der Waals surface area contributed by atoms with E-state index in [9.17, 15) is 18.0 Å². The standard InChI is InChI=1S/C18H23F3N2O/c19-18(20,21)15-6-1-5-14(10-15)17(7-3-8-17)12-23-16(24)13-4-2-9-22-11-13/h1,5-6,10,13,22H,2-4,7-9,11-12H2,(H,23,24). The van der Waals surface area contributed by atoms with Crippen LogP contribution in [0.3, 0.4) is 0 Å². The maximum absolute atomic E-state index is 13.0. The van der Waals surface area contributed by atoms with Gasteiger partial charge in [0.1, 0.15) is 0 Å². The van der Waals surface area contributed by atoms with E-state index in [1.54, 1.807) is 6.07 Å². The number of rotatable bonds is 4. The Kier molecular flexibility index (Phi) is 4.85. The average Bonchev–Trinajstić information content (AvgIpc) is 2.54. The summed E-state index contributed by atoms with van der Waals surface area (Å²) >= 11 is 0. The van der Waals surface area contributed by atoms with Gasteiger partial charge >= 0.3 is 6.18 Å². The SMILES string of the molecule is O=C(NCC1(c2cccc(C(F)(F)F)c2)CCC1)C1CCCNC1. The zero-order chi connectivity index (χ0) is 17.2. The Labute approximate surface area is 140 Å². The maximum Gasteiger partial charge on any atom is 0.416 e. The quantitative estimate of drug-likeness (QED) is 0.883. The van der Waals surface area contributed by atoms with E-state index in [2.05, 4.69) is 10.6 Å². The van der Waals surface area contributed by atoms with Gasteiger partial charge in [-0.15, -0.1) is 0 Å². The molecule has 1 aliphatic heterocycles. The van der Waals surface area contributed by atoms with Crippen LogP contribution in [0.1, 0.15) is 43.2 Å². The molecule has 24 heavy (non-hydrogen) atoms. The largest absolute Gasteiger partial charge is 0.416 e. The lowest BCUT2D eigenvalue weighted by Crippen LogP contribution is -2.48. The van der Waals surface area contributed by atoms with Crippen molar-refractivity contribution in [1.82, 2.24) is 10.6 Å². The van der Waals surface area contributed by atoms with E-state index in [0.29, 0.717) is 18.7 Å². The highest BCUT2D eigenvalue weighted by atomic mass is 19.4. The minimum absolute atomic E-state index is 0.0143. The van der Waals surface area contributed by atoms with Crippen molar-refractivity contribution in [3.05, 3.63) is 35.4 Å². The number of benzene rings is 1. The number of amides is 1. The van der Waals surface area contributed by atoms with Gasteiger partial charge < -0.3 is 10.6 Å². The van der Waals surface area contributed by atoms with Gasteiger partial charge in [-0.3, -0.25) is 4.79 Å². The van der Waals surface area contributed by atoms with Crippen molar-refractivity contribution >= 4 is 5.91 Å². The summed E-state index contributed by atoms with van der Waals surface area (Å²) in [4.78, 5) is 12.3. The number of hydrogen-bond donors (Lipinski definition) is 2. The molecule has 132 valence electrons. The van der Waals surface area contributed by atoms with Crippen molar-refractivity contribution in [3.8, 4) is 0 Å². The van der Waals surface area contributed by atoms with Crippen molar-refractivity contribution in [2.75, 3.05) is 19.6 Å². The van der Waals surface area contributed by atoms with Crippen LogP contribution < -0.4 is 10.6 Å². The summed E-state index contributed by atoms with van der Waals surface area (Å²) in [5.41, 5.74) is -0.279. The van der Waals surface area contributed by atoms with Crippen LogP contribution in [-0.2, 0) is 16.4 Å². The number of hydrogen-bond acceptors (Lipinski definition) is 2. The Hall–Kier alpha value is -1.56. The fourth-order valence-electron chi connectivity index (χ4n) is 3.67. The van der Waals surface area contributed by atoms with Gasteiger partial charge in [0.25, 0.3) is 0 Å². The Balaban J connectivity index is 1.69. The minimum atomic E-state index is -4.34. The highest BCUT2D eigenvalue weighted by Gasteiger charge is 2.41. The summed E-state index contributed by atoms with van der Waals surface area (Å²) in [5.74, 6) is -0.0159. The number of carbonyl (C=O) groups is 1. The normalized spacial score (nSPS) is 23.4. The van der Waals surface area contributed by atoms with Crippen LogP contribution in [0.5, 0.6) is 0 Å². The Morgan fingerprint density at radius 3 is 2.67 bits per heavy atom. The highest BCUT2D eigenvalue weighted by molar-refractivity contribution is 5.79. The predicted molar refractivity (Wildman–Crippen MR) is 85.6 cm³/mol. The first kappa shape index (κ1) is 17.3. The van der Waals surface area contributed by atoms with Crippen LogP contribution in [-0.4, -0.2) is 25.5 Å². The number of piperidine rings is 1. The second-order valence-electron chi connectivity index (χ2n) is 6.97. The molecule has 1 amide bonds. The van der Waals surface area contributed by atoms with E-state index in [1.165, 1.54) is 12.1 Å². The molecule has 0 bridgehead atoms. The molecule has 0 spiro atoms. The van der Waals surface area contributed by atoms with Crippen LogP contribution in [0.25, 0.3) is 0 Å². The minimum Gasteiger partial charge on any atom is -0.355 e. The summed E-state index contributed by atoms with van der Waals surface area (Å²) < 4.78 is 38.9. The molecule has 6 heteroatoms. The molecule has 3 nitrogen and oxygen atoms in total. The van der Waals surface area contributed by atoms with E-state index in [0.717, 1.165) is 44.7 Å². The van der Waals surface area contributed by atoms with Gasteiger partial charge in [-0.05, 0) is 43.9 Å². The van der Waals surface area contributed by atoms with E-state index in [4.69, 9.17) is 0 Å². The van der Waals surface area contributed by atoms with Gasteiger partial charge in [-0.1, -0.05) is 24.6 Å². The molecule has 2 aliphatic rings. The summed E-state index contributed by atoms with van der Waals surface area (Å²) in [6.07, 6.45) is 0.135. The molecule has 1 atom stereocenters. The molecule has 0 radical (unpaired) electrons. The van der Waals surface area contributed by atoms with Crippen LogP contribution in [0, 0.1) is 5.92 Å². The van der Waals surface area contributed by atoms with E-state index < -0.39 is 11.7 Å². The van der Waals surface area contributed by atoms with Crippen LogP contribution in [0.15, 0.2) is 24.3 Å². The van der Waals surface area contributed by atoms with Gasteiger partial charge in [0, 0.05) is 18.5 Å². The molecule has 2 fully saturated rings. The van der Waals surface area contributed by atoms with E-state index >= 15 is 0 Å². The molecular formula is C18H23F3N2O. The third-order valence-corrected chi connectivity index (χ3v) is 5.38. The molecule has 1 heterocycles. The number of nitrogens with one attached hydrogen (secondary N) is 2. The van der Waals surface area contributed by atoms with Gasteiger partial charge in [0.05, 0.1) is 11.5 Å². The second-order valence-corrected chi connectivity index (χ2v) is 6.97. The Morgan fingerprint density at radius 1 is 1.29 bits per heavy atom. The van der Waals surface area contributed by atoms with Gasteiger partial charge in [0.15, 0.2) is 0 Å². The molecular weight excluding hydrogens is 317 g/mol. The van der Waals surface area contributed by atoms with Crippen LogP contribution in [0.4, 0.5) is 13.2 Å². The number of alkyl halides is 3. The molecule has 3 rings (SSSR count). The third kappa shape index (κ3) is 3.58. The first-order valence-corrected chi connectivity index (χ1v) is 8.57. The van der Waals surface area contributed by atoms with E-state index in [-0.39, 0.29) is 17.2 Å². The lowest BCUT2D eigenvalue weighted by atomic mass is 9.64.